The van der Waals surface area contributed by atoms with E-state index in [0.717, 1.165) is 19.4 Å². The van der Waals surface area contributed by atoms with Gasteiger partial charge in [-0.15, -0.1) is 0 Å². The Morgan fingerprint density at radius 1 is 1.37 bits per heavy atom. The lowest BCUT2D eigenvalue weighted by Gasteiger charge is -2.13. The Morgan fingerprint density at radius 2 is 2.05 bits per heavy atom. The predicted octanol–water partition coefficient (Wildman–Crippen LogP) is 0.666. The first kappa shape index (κ1) is 14.5. The maximum absolute atomic E-state index is 12.3. The third-order valence-electron chi connectivity index (χ3n) is 3.21. The number of sulfonamides is 1. The van der Waals surface area contributed by atoms with Crippen LogP contribution in [0.25, 0.3) is 0 Å². The van der Waals surface area contributed by atoms with Gasteiger partial charge in [0.1, 0.15) is 4.90 Å². The average Bonchev–Trinajstić information content (AvgIpc) is 3.00. The molecular formula is C12H22N4O2S. The van der Waals surface area contributed by atoms with Crippen molar-refractivity contribution in [3.8, 4) is 0 Å². The van der Waals surface area contributed by atoms with Crippen molar-refractivity contribution in [2.45, 2.75) is 44.2 Å². The van der Waals surface area contributed by atoms with Crippen LogP contribution < -0.4 is 5.32 Å². The van der Waals surface area contributed by atoms with E-state index >= 15 is 0 Å². The lowest BCUT2D eigenvalue weighted by molar-refractivity contribution is 0.477. The van der Waals surface area contributed by atoms with Gasteiger partial charge in [-0.05, 0) is 12.8 Å². The highest BCUT2D eigenvalue weighted by atomic mass is 32.2. The van der Waals surface area contributed by atoms with Gasteiger partial charge in [-0.2, -0.15) is 9.40 Å². The summed E-state index contributed by atoms with van der Waals surface area (Å²) in [6, 6.07) is 0.420. The van der Waals surface area contributed by atoms with Crippen molar-refractivity contribution in [1.29, 1.82) is 0 Å². The van der Waals surface area contributed by atoms with Crippen molar-refractivity contribution in [2.75, 3.05) is 19.6 Å². The van der Waals surface area contributed by atoms with Crippen LogP contribution in [0.5, 0.6) is 0 Å². The zero-order valence-corrected chi connectivity index (χ0v) is 12.4. The van der Waals surface area contributed by atoms with Crippen LogP contribution in [0.1, 0.15) is 26.7 Å². The number of nitrogens with one attached hydrogen (secondary N) is 1. The second kappa shape index (κ2) is 6.02. The quantitative estimate of drug-likeness (QED) is 0.834. The highest BCUT2D eigenvalue weighted by Gasteiger charge is 2.28. The van der Waals surface area contributed by atoms with Crippen LogP contribution in [0.4, 0.5) is 0 Å². The van der Waals surface area contributed by atoms with E-state index in [0.29, 0.717) is 30.6 Å². The first-order chi connectivity index (χ1) is 9.00. The van der Waals surface area contributed by atoms with E-state index in [1.54, 1.807) is 15.2 Å². The molecule has 0 aromatic carbocycles. The molecule has 0 radical (unpaired) electrons. The molecule has 1 aliphatic rings. The molecular weight excluding hydrogens is 264 g/mol. The summed E-state index contributed by atoms with van der Waals surface area (Å²) in [6.45, 7) is 6.86. The molecule has 7 heteroatoms. The lowest BCUT2D eigenvalue weighted by Crippen LogP contribution is -2.28. The van der Waals surface area contributed by atoms with Crippen LogP contribution in [0.3, 0.4) is 0 Å². The summed E-state index contributed by atoms with van der Waals surface area (Å²) in [5, 5.41) is 7.40. The standard InChI is InChI=1S/C12H22N4O2S/c1-11(2)13-5-8-15-10-12(9-14-15)19(17,18)16-6-3-4-7-16/h9-11,13H,3-8H2,1-2H3. The topological polar surface area (TPSA) is 67.2 Å². The third-order valence-corrected chi connectivity index (χ3v) is 5.06. The highest BCUT2D eigenvalue weighted by Crippen LogP contribution is 2.19. The summed E-state index contributed by atoms with van der Waals surface area (Å²) in [6.07, 6.45) is 4.97. The van der Waals surface area contributed by atoms with Crippen LogP contribution in [-0.4, -0.2) is 48.2 Å². The second-order valence-corrected chi connectivity index (χ2v) is 7.10. The first-order valence-corrected chi connectivity index (χ1v) is 8.20. The molecule has 1 aliphatic heterocycles. The number of hydrogen-bond donors (Lipinski definition) is 1. The molecule has 1 aromatic heterocycles. The molecule has 19 heavy (non-hydrogen) atoms. The fraction of sp³-hybridized carbons (Fsp3) is 0.750. The average molecular weight is 286 g/mol. The van der Waals surface area contributed by atoms with E-state index in [1.165, 1.54) is 6.20 Å². The van der Waals surface area contributed by atoms with Gasteiger partial charge in [0.05, 0.1) is 12.7 Å². The summed E-state index contributed by atoms with van der Waals surface area (Å²) in [4.78, 5) is 0.305. The Kier molecular flexibility index (Phi) is 4.59. The minimum atomic E-state index is -3.33. The molecule has 2 rings (SSSR count). The molecule has 0 unspecified atom stereocenters. The maximum Gasteiger partial charge on any atom is 0.246 e. The smallest absolute Gasteiger partial charge is 0.246 e. The van der Waals surface area contributed by atoms with E-state index in [9.17, 15) is 8.42 Å². The SMILES string of the molecule is CC(C)NCCn1cc(S(=O)(=O)N2CCCC2)cn1. The monoisotopic (exact) mass is 286 g/mol. The van der Waals surface area contributed by atoms with Crippen molar-refractivity contribution < 1.29 is 8.42 Å². The van der Waals surface area contributed by atoms with E-state index in [2.05, 4.69) is 24.3 Å². The first-order valence-electron chi connectivity index (χ1n) is 6.76. The van der Waals surface area contributed by atoms with E-state index in [1.807, 2.05) is 0 Å². The van der Waals surface area contributed by atoms with Gasteiger partial charge >= 0.3 is 0 Å². The zero-order chi connectivity index (χ0) is 13.9. The van der Waals surface area contributed by atoms with Crippen LogP contribution in [-0.2, 0) is 16.6 Å². The molecule has 1 N–H and O–H groups in total. The van der Waals surface area contributed by atoms with E-state index < -0.39 is 10.0 Å². The fourth-order valence-electron chi connectivity index (χ4n) is 2.15. The minimum absolute atomic E-state index is 0.305. The van der Waals surface area contributed by atoms with Gasteiger partial charge in [0.2, 0.25) is 10.0 Å². The molecule has 6 nitrogen and oxygen atoms in total. The Bertz CT molecular complexity index is 504. The lowest BCUT2D eigenvalue weighted by atomic mass is 10.4. The Labute approximate surface area is 114 Å². The third kappa shape index (κ3) is 3.55. The van der Waals surface area contributed by atoms with Crippen molar-refractivity contribution in [2.24, 2.45) is 0 Å². The molecule has 0 amide bonds. The van der Waals surface area contributed by atoms with Crippen molar-refractivity contribution in [3.05, 3.63) is 12.4 Å². The van der Waals surface area contributed by atoms with E-state index in [4.69, 9.17) is 0 Å². The van der Waals surface area contributed by atoms with Crippen molar-refractivity contribution in [3.63, 3.8) is 0 Å². The van der Waals surface area contributed by atoms with Gasteiger partial charge in [-0.25, -0.2) is 8.42 Å². The van der Waals surface area contributed by atoms with Gasteiger partial charge in [0.25, 0.3) is 0 Å². The van der Waals surface area contributed by atoms with Gasteiger partial charge < -0.3 is 5.32 Å². The van der Waals surface area contributed by atoms with Gasteiger partial charge in [-0.3, -0.25) is 4.68 Å². The van der Waals surface area contributed by atoms with Crippen LogP contribution >= 0.6 is 0 Å². The summed E-state index contributed by atoms with van der Waals surface area (Å²) in [7, 11) is -3.33. The Hall–Kier alpha value is -0.920. The van der Waals surface area contributed by atoms with Gasteiger partial charge in [0, 0.05) is 31.9 Å². The number of aromatic nitrogens is 2. The molecule has 2 heterocycles. The number of nitrogens with zero attached hydrogens (tertiary/aromatic N) is 3. The Morgan fingerprint density at radius 3 is 2.68 bits per heavy atom. The highest BCUT2D eigenvalue weighted by molar-refractivity contribution is 7.89. The summed E-state index contributed by atoms with van der Waals surface area (Å²) < 4.78 is 27.8. The van der Waals surface area contributed by atoms with Gasteiger partial charge in [0.15, 0.2) is 0 Å². The fourth-order valence-corrected chi connectivity index (χ4v) is 3.62. The van der Waals surface area contributed by atoms with E-state index in [-0.39, 0.29) is 0 Å². The van der Waals surface area contributed by atoms with Crippen molar-refractivity contribution in [1.82, 2.24) is 19.4 Å². The largest absolute Gasteiger partial charge is 0.313 e. The number of rotatable bonds is 6. The molecule has 0 aliphatic carbocycles. The minimum Gasteiger partial charge on any atom is -0.313 e. The van der Waals surface area contributed by atoms with Gasteiger partial charge in [-0.1, -0.05) is 13.8 Å². The van der Waals surface area contributed by atoms with Crippen molar-refractivity contribution >= 4 is 10.0 Å². The zero-order valence-electron chi connectivity index (χ0n) is 11.5. The summed E-state index contributed by atoms with van der Waals surface area (Å²) in [5.74, 6) is 0. The molecule has 1 fully saturated rings. The number of hydrogen-bond acceptors (Lipinski definition) is 4. The molecule has 1 saturated heterocycles. The second-order valence-electron chi connectivity index (χ2n) is 5.16. The van der Waals surface area contributed by atoms with Crippen LogP contribution in [0.15, 0.2) is 17.3 Å². The Balaban J connectivity index is 2.00. The summed E-state index contributed by atoms with van der Waals surface area (Å²) >= 11 is 0. The maximum atomic E-state index is 12.3. The molecule has 0 spiro atoms. The predicted molar refractivity (Wildman–Crippen MR) is 73.4 cm³/mol. The molecule has 0 saturated carbocycles. The molecule has 108 valence electrons. The van der Waals surface area contributed by atoms with Crippen LogP contribution in [0, 0.1) is 0 Å². The molecule has 0 atom stereocenters. The molecule has 0 bridgehead atoms. The summed E-state index contributed by atoms with van der Waals surface area (Å²) in [5.41, 5.74) is 0. The van der Waals surface area contributed by atoms with Crippen LogP contribution in [0.2, 0.25) is 0 Å². The molecule has 1 aromatic rings. The normalized spacial score (nSPS) is 17.4.